The van der Waals surface area contributed by atoms with E-state index >= 15 is 0 Å². The molecule has 0 amide bonds. The van der Waals surface area contributed by atoms with Gasteiger partial charge in [-0.05, 0) is 50.2 Å². The number of hydrogen-bond donors (Lipinski definition) is 0. The number of nitrogens with zero attached hydrogens (tertiary/aromatic N) is 2. The average Bonchev–Trinajstić information content (AvgIpc) is 3.27. The number of methoxy groups -OCH3 is 1. The van der Waals surface area contributed by atoms with Crippen molar-refractivity contribution >= 4 is 44.4 Å². The van der Waals surface area contributed by atoms with Gasteiger partial charge in [-0.3, -0.25) is 4.31 Å². The first-order valence-corrected chi connectivity index (χ1v) is 11.0. The Morgan fingerprint density at radius 3 is 2.30 bits per heavy atom. The van der Waals surface area contributed by atoms with Gasteiger partial charge in [0.05, 0.1) is 33.9 Å². The van der Waals surface area contributed by atoms with Crippen molar-refractivity contribution in [2.45, 2.75) is 18.1 Å². The first kappa shape index (κ1) is 19.5. The fraction of sp³-hybridized carbons (Fsp3) is 0.222. The fourth-order valence-corrected chi connectivity index (χ4v) is 6.29. The lowest BCUT2D eigenvalue weighted by molar-refractivity contribution is 0.0600. The van der Waals surface area contributed by atoms with Crippen LogP contribution in [0.1, 0.15) is 21.1 Å². The lowest BCUT2D eigenvalue weighted by Crippen LogP contribution is -2.25. The molecule has 0 saturated carbocycles. The number of carbonyl (C=O) groups is 1. The first-order valence-electron chi connectivity index (χ1n) is 7.95. The molecule has 0 aliphatic carbocycles. The maximum atomic E-state index is 13.0. The van der Waals surface area contributed by atoms with E-state index in [2.05, 4.69) is 9.72 Å². The number of rotatable bonds is 5. The van der Waals surface area contributed by atoms with E-state index in [-0.39, 0.29) is 4.21 Å². The summed E-state index contributed by atoms with van der Waals surface area (Å²) < 4.78 is 32.1. The number of ether oxygens (including phenoxy) is 1. The number of sulfonamides is 1. The lowest BCUT2D eigenvalue weighted by Gasteiger charge is -2.18. The molecule has 0 saturated heterocycles. The molecule has 0 spiro atoms. The summed E-state index contributed by atoms with van der Waals surface area (Å²) in [5, 5.41) is 0.947. The summed E-state index contributed by atoms with van der Waals surface area (Å²) in [5.41, 5.74) is 1.72. The number of aromatic nitrogens is 1. The molecule has 2 heterocycles. The van der Waals surface area contributed by atoms with Gasteiger partial charge in [0.1, 0.15) is 4.21 Å². The summed E-state index contributed by atoms with van der Waals surface area (Å²) in [4.78, 5) is 17.8. The van der Waals surface area contributed by atoms with Crippen LogP contribution in [0.4, 0.5) is 5.69 Å². The first-order chi connectivity index (χ1) is 12.7. The quantitative estimate of drug-likeness (QED) is 0.579. The minimum Gasteiger partial charge on any atom is -0.465 e. The van der Waals surface area contributed by atoms with Gasteiger partial charge in [-0.1, -0.05) is 0 Å². The highest BCUT2D eigenvalue weighted by Gasteiger charge is 2.24. The predicted molar refractivity (Wildman–Crippen MR) is 108 cm³/mol. The van der Waals surface area contributed by atoms with Crippen LogP contribution in [-0.4, -0.2) is 33.5 Å². The zero-order valence-corrected chi connectivity index (χ0v) is 17.7. The zero-order chi connectivity index (χ0) is 19.8. The fourth-order valence-electron chi connectivity index (χ4n) is 2.54. The van der Waals surface area contributed by atoms with Crippen molar-refractivity contribution in [3.8, 4) is 9.75 Å². The summed E-state index contributed by atoms with van der Waals surface area (Å²) in [6.45, 7) is 3.85. The summed E-state index contributed by atoms with van der Waals surface area (Å²) >= 11 is 2.77. The van der Waals surface area contributed by atoms with Gasteiger partial charge >= 0.3 is 5.97 Å². The highest BCUT2D eigenvalue weighted by atomic mass is 32.2. The number of thiophene rings is 1. The van der Waals surface area contributed by atoms with Gasteiger partial charge in [0.25, 0.3) is 10.0 Å². The van der Waals surface area contributed by atoms with E-state index in [1.165, 1.54) is 41.9 Å². The van der Waals surface area contributed by atoms with E-state index in [4.69, 9.17) is 0 Å². The van der Waals surface area contributed by atoms with Crippen LogP contribution in [0.5, 0.6) is 0 Å². The van der Waals surface area contributed by atoms with Crippen LogP contribution in [0.2, 0.25) is 0 Å². The second-order valence-electron chi connectivity index (χ2n) is 5.78. The van der Waals surface area contributed by atoms with E-state index in [9.17, 15) is 13.2 Å². The van der Waals surface area contributed by atoms with Gasteiger partial charge in [0.2, 0.25) is 0 Å². The van der Waals surface area contributed by atoms with Crippen molar-refractivity contribution in [1.82, 2.24) is 4.98 Å². The number of thiazole rings is 1. The molecule has 0 unspecified atom stereocenters. The molecule has 0 fully saturated rings. The minimum absolute atomic E-state index is 0.252. The average molecular weight is 423 g/mol. The van der Waals surface area contributed by atoms with Crippen LogP contribution in [0.25, 0.3) is 9.75 Å². The molecule has 142 valence electrons. The Morgan fingerprint density at radius 1 is 1.07 bits per heavy atom. The van der Waals surface area contributed by atoms with Crippen molar-refractivity contribution < 1.29 is 17.9 Å². The van der Waals surface area contributed by atoms with Crippen molar-refractivity contribution in [3.63, 3.8) is 0 Å². The third-order valence-electron chi connectivity index (χ3n) is 3.98. The van der Waals surface area contributed by atoms with E-state index in [1.54, 1.807) is 29.5 Å². The predicted octanol–water partition coefficient (Wildman–Crippen LogP) is 4.10. The monoisotopic (exact) mass is 422 g/mol. The molecule has 0 radical (unpaired) electrons. The molecular formula is C18H18N2O4S3. The Bertz CT molecular complexity index is 1080. The van der Waals surface area contributed by atoms with Gasteiger partial charge in [0, 0.05) is 11.9 Å². The minimum atomic E-state index is -3.70. The highest BCUT2D eigenvalue weighted by Crippen LogP contribution is 2.37. The number of hydrogen-bond acceptors (Lipinski definition) is 7. The van der Waals surface area contributed by atoms with Gasteiger partial charge in [-0.2, -0.15) is 0 Å². The van der Waals surface area contributed by atoms with E-state index < -0.39 is 16.0 Å². The summed E-state index contributed by atoms with van der Waals surface area (Å²) in [6, 6.07) is 9.66. The van der Waals surface area contributed by atoms with Gasteiger partial charge in [-0.15, -0.1) is 22.7 Å². The smallest absolute Gasteiger partial charge is 0.337 e. The summed E-state index contributed by atoms with van der Waals surface area (Å²) in [7, 11) is -0.915. The number of aryl methyl sites for hydroxylation is 2. The van der Waals surface area contributed by atoms with Crippen molar-refractivity contribution in [2.75, 3.05) is 18.5 Å². The molecule has 3 aromatic rings. The maximum absolute atomic E-state index is 13.0. The molecule has 6 nitrogen and oxygen atoms in total. The molecule has 2 aromatic heterocycles. The van der Waals surface area contributed by atoms with Crippen LogP contribution >= 0.6 is 22.7 Å². The van der Waals surface area contributed by atoms with E-state index in [0.717, 1.165) is 20.5 Å². The molecule has 0 atom stereocenters. The molecule has 3 rings (SSSR count). The summed E-state index contributed by atoms with van der Waals surface area (Å²) in [5.74, 6) is -0.467. The Hall–Kier alpha value is -2.23. The Morgan fingerprint density at radius 2 is 1.74 bits per heavy atom. The normalized spacial score (nSPS) is 11.4. The highest BCUT2D eigenvalue weighted by molar-refractivity contribution is 7.94. The molecule has 0 N–H and O–H groups in total. The number of benzene rings is 1. The summed E-state index contributed by atoms with van der Waals surface area (Å²) in [6.07, 6.45) is 0. The number of esters is 1. The lowest BCUT2D eigenvalue weighted by atomic mass is 10.2. The third-order valence-corrected chi connectivity index (χ3v) is 8.57. The number of anilines is 1. The van der Waals surface area contributed by atoms with Gasteiger partial charge in [0.15, 0.2) is 0 Å². The van der Waals surface area contributed by atoms with Crippen molar-refractivity contribution in [3.05, 3.63) is 52.7 Å². The van der Waals surface area contributed by atoms with Crippen LogP contribution in [0.3, 0.4) is 0 Å². The second kappa shape index (κ2) is 7.41. The van der Waals surface area contributed by atoms with Gasteiger partial charge < -0.3 is 4.74 Å². The molecule has 27 heavy (non-hydrogen) atoms. The van der Waals surface area contributed by atoms with E-state index in [1.807, 2.05) is 19.9 Å². The Labute approximate surface area is 166 Å². The van der Waals surface area contributed by atoms with Crippen LogP contribution in [-0.2, 0) is 14.8 Å². The molecule has 0 aliphatic rings. The van der Waals surface area contributed by atoms with Crippen molar-refractivity contribution in [1.29, 1.82) is 0 Å². The van der Waals surface area contributed by atoms with Gasteiger partial charge in [-0.25, -0.2) is 18.2 Å². The third kappa shape index (κ3) is 3.76. The van der Waals surface area contributed by atoms with Crippen LogP contribution < -0.4 is 4.31 Å². The Balaban J connectivity index is 1.90. The molecule has 0 bridgehead atoms. The Kier molecular flexibility index (Phi) is 5.36. The molecule has 0 aliphatic heterocycles. The van der Waals surface area contributed by atoms with E-state index in [0.29, 0.717) is 11.3 Å². The SMILES string of the molecule is COC(=O)c1ccc(N(C)S(=O)(=O)c2ccc(-c3sc(C)nc3C)s2)cc1. The topological polar surface area (TPSA) is 76.6 Å². The standard InChI is InChI=1S/C18H18N2O4S3/c1-11-17(25-12(2)19-11)15-9-10-16(26-15)27(22,23)20(3)14-7-5-13(6-8-14)18(21)24-4/h5-10H,1-4H3. The second-order valence-corrected chi connectivity index (χ2v) is 10.3. The van der Waals surface area contributed by atoms with Crippen LogP contribution in [0.15, 0.2) is 40.6 Å². The molecule has 1 aromatic carbocycles. The van der Waals surface area contributed by atoms with Crippen LogP contribution in [0, 0.1) is 13.8 Å². The molecular weight excluding hydrogens is 404 g/mol. The number of carbonyl (C=O) groups excluding carboxylic acids is 1. The zero-order valence-electron chi connectivity index (χ0n) is 15.2. The maximum Gasteiger partial charge on any atom is 0.337 e. The molecule has 9 heteroatoms. The van der Waals surface area contributed by atoms with Crippen molar-refractivity contribution in [2.24, 2.45) is 0 Å². The largest absolute Gasteiger partial charge is 0.465 e.